The van der Waals surface area contributed by atoms with Gasteiger partial charge in [-0.25, -0.2) is 4.39 Å². The van der Waals surface area contributed by atoms with Gasteiger partial charge in [-0.05, 0) is 37.1 Å². The second-order valence-electron chi connectivity index (χ2n) is 4.95. The second kappa shape index (κ2) is 6.39. The Labute approximate surface area is 128 Å². The fraction of sp³-hybridized carbons (Fsp3) is 0.294. The molecular weight excluding hydrogens is 285 g/mol. The van der Waals surface area contributed by atoms with Crippen molar-refractivity contribution in [2.24, 2.45) is 0 Å². The van der Waals surface area contributed by atoms with Crippen molar-refractivity contribution in [1.29, 1.82) is 0 Å². The zero-order valence-electron chi connectivity index (χ0n) is 11.9. The summed E-state index contributed by atoms with van der Waals surface area (Å²) in [6, 6.07) is 13.7. The van der Waals surface area contributed by atoms with Crippen LogP contribution in [0.15, 0.2) is 47.4 Å². The van der Waals surface area contributed by atoms with Crippen LogP contribution in [0.5, 0.6) is 5.75 Å². The topological polar surface area (TPSA) is 21.3 Å². The highest BCUT2D eigenvalue weighted by Gasteiger charge is 2.20. The number of thioether (sulfide) groups is 1. The van der Waals surface area contributed by atoms with Crippen molar-refractivity contribution in [2.45, 2.75) is 24.3 Å². The van der Waals surface area contributed by atoms with Crippen molar-refractivity contribution in [3.8, 4) is 5.75 Å². The predicted molar refractivity (Wildman–Crippen MR) is 85.7 cm³/mol. The Morgan fingerprint density at radius 1 is 1.29 bits per heavy atom. The first kappa shape index (κ1) is 14.3. The van der Waals surface area contributed by atoms with E-state index in [1.807, 2.05) is 24.8 Å². The van der Waals surface area contributed by atoms with Gasteiger partial charge in [0.05, 0.1) is 12.6 Å². The minimum absolute atomic E-state index is 0.236. The molecule has 0 bridgehead atoms. The fourth-order valence-corrected chi connectivity index (χ4v) is 3.68. The van der Waals surface area contributed by atoms with Crippen LogP contribution in [0.2, 0.25) is 0 Å². The highest BCUT2D eigenvalue weighted by atomic mass is 32.2. The van der Waals surface area contributed by atoms with Crippen molar-refractivity contribution in [2.75, 3.05) is 17.7 Å². The summed E-state index contributed by atoms with van der Waals surface area (Å²) in [6.45, 7) is 2.32. The molecule has 1 heterocycles. The summed E-state index contributed by atoms with van der Waals surface area (Å²) in [6.07, 6.45) is 1.04. The molecule has 1 atom stereocenters. The normalized spacial score (nSPS) is 17.1. The van der Waals surface area contributed by atoms with Gasteiger partial charge in [-0.3, -0.25) is 0 Å². The molecule has 0 amide bonds. The van der Waals surface area contributed by atoms with Crippen molar-refractivity contribution in [3.63, 3.8) is 0 Å². The first-order valence-corrected chi connectivity index (χ1v) is 8.17. The molecular formula is C17H18FNOS. The number of hydrogen-bond acceptors (Lipinski definition) is 3. The van der Waals surface area contributed by atoms with Gasteiger partial charge in [0.2, 0.25) is 0 Å². The Hall–Kier alpha value is -1.68. The molecule has 0 aliphatic carbocycles. The van der Waals surface area contributed by atoms with Crippen molar-refractivity contribution in [3.05, 3.63) is 53.8 Å². The van der Waals surface area contributed by atoms with E-state index in [2.05, 4.69) is 29.6 Å². The van der Waals surface area contributed by atoms with Crippen LogP contribution in [-0.4, -0.2) is 12.4 Å². The van der Waals surface area contributed by atoms with Crippen molar-refractivity contribution in [1.82, 2.24) is 0 Å². The fourth-order valence-electron chi connectivity index (χ4n) is 2.56. The third kappa shape index (κ3) is 3.16. The Kier molecular flexibility index (Phi) is 4.34. The average molecular weight is 303 g/mol. The lowest BCUT2D eigenvalue weighted by molar-refractivity contribution is 0.321. The van der Waals surface area contributed by atoms with E-state index in [1.165, 1.54) is 16.5 Å². The largest absolute Gasteiger partial charge is 0.491 e. The average Bonchev–Trinajstić information content (AvgIpc) is 2.51. The maximum atomic E-state index is 13.9. The number of hydrogen-bond donors (Lipinski definition) is 1. The molecule has 110 valence electrons. The molecule has 1 unspecified atom stereocenters. The molecule has 0 saturated carbocycles. The summed E-state index contributed by atoms with van der Waals surface area (Å²) in [5, 5.41) is 3.44. The molecule has 3 rings (SSSR count). The summed E-state index contributed by atoms with van der Waals surface area (Å²) in [4.78, 5) is 1.31. The van der Waals surface area contributed by atoms with Crippen LogP contribution in [0.25, 0.3) is 0 Å². The van der Waals surface area contributed by atoms with E-state index in [1.54, 1.807) is 6.07 Å². The summed E-state index contributed by atoms with van der Waals surface area (Å²) in [5.41, 5.74) is 2.09. The van der Waals surface area contributed by atoms with Gasteiger partial charge in [-0.15, -0.1) is 11.8 Å². The first-order valence-electron chi connectivity index (χ1n) is 7.18. The van der Waals surface area contributed by atoms with Crippen LogP contribution >= 0.6 is 11.8 Å². The van der Waals surface area contributed by atoms with Gasteiger partial charge >= 0.3 is 0 Å². The minimum atomic E-state index is -0.319. The van der Waals surface area contributed by atoms with Crippen LogP contribution in [0.3, 0.4) is 0 Å². The van der Waals surface area contributed by atoms with E-state index < -0.39 is 0 Å². The molecule has 0 aromatic heterocycles. The second-order valence-corrected chi connectivity index (χ2v) is 6.09. The van der Waals surface area contributed by atoms with Crippen LogP contribution in [0, 0.1) is 5.82 Å². The number of rotatable bonds is 4. The van der Waals surface area contributed by atoms with Crippen molar-refractivity contribution >= 4 is 17.4 Å². The molecule has 0 radical (unpaired) electrons. The van der Waals surface area contributed by atoms with Gasteiger partial charge in [0.25, 0.3) is 0 Å². The molecule has 4 heteroatoms. The van der Waals surface area contributed by atoms with Gasteiger partial charge in [0.15, 0.2) is 11.6 Å². The molecule has 2 aromatic rings. The number of anilines is 1. The van der Waals surface area contributed by atoms with Crippen LogP contribution < -0.4 is 10.1 Å². The molecule has 1 aliphatic heterocycles. The molecule has 1 aliphatic rings. The lowest BCUT2D eigenvalue weighted by atomic mass is 10.0. The van der Waals surface area contributed by atoms with Gasteiger partial charge in [0, 0.05) is 22.4 Å². The van der Waals surface area contributed by atoms with E-state index >= 15 is 0 Å². The maximum absolute atomic E-state index is 13.9. The highest BCUT2D eigenvalue weighted by Crippen LogP contribution is 2.38. The van der Waals surface area contributed by atoms with E-state index in [0.717, 1.165) is 17.9 Å². The van der Waals surface area contributed by atoms with Gasteiger partial charge in [0.1, 0.15) is 0 Å². The van der Waals surface area contributed by atoms with E-state index in [4.69, 9.17) is 4.74 Å². The molecule has 2 aromatic carbocycles. The minimum Gasteiger partial charge on any atom is -0.491 e. The number of fused-ring (bicyclic) bond motifs is 1. The number of nitrogens with one attached hydrogen (secondary N) is 1. The number of benzene rings is 2. The summed E-state index contributed by atoms with van der Waals surface area (Å²) < 4.78 is 19.1. The van der Waals surface area contributed by atoms with Crippen LogP contribution in [0.1, 0.15) is 24.9 Å². The Morgan fingerprint density at radius 2 is 2.14 bits per heavy atom. The van der Waals surface area contributed by atoms with E-state index in [-0.39, 0.29) is 11.9 Å². The monoisotopic (exact) mass is 303 g/mol. The molecule has 0 spiro atoms. The van der Waals surface area contributed by atoms with E-state index in [9.17, 15) is 4.39 Å². The summed E-state index contributed by atoms with van der Waals surface area (Å²) in [7, 11) is 0. The highest BCUT2D eigenvalue weighted by molar-refractivity contribution is 7.99. The Bertz CT molecular complexity index is 632. The SMILES string of the molecule is CCOc1ccc(NC2CCSc3ccccc32)cc1F. The van der Waals surface area contributed by atoms with Crippen LogP contribution in [-0.2, 0) is 0 Å². The third-order valence-corrected chi connectivity index (χ3v) is 4.65. The van der Waals surface area contributed by atoms with Crippen LogP contribution in [0.4, 0.5) is 10.1 Å². The molecule has 2 nitrogen and oxygen atoms in total. The number of ether oxygens (including phenoxy) is 1. The number of halogens is 1. The standard InChI is InChI=1S/C17H18FNOS/c1-2-20-16-8-7-12(11-14(16)18)19-15-9-10-21-17-6-4-3-5-13(15)17/h3-8,11,15,19H,2,9-10H2,1H3. The molecule has 1 N–H and O–H groups in total. The molecule has 0 saturated heterocycles. The lowest BCUT2D eigenvalue weighted by Crippen LogP contribution is -2.16. The van der Waals surface area contributed by atoms with Crippen molar-refractivity contribution < 1.29 is 9.13 Å². The predicted octanol–water partition coefficient (Wildman–Crippen LogP) is 4.87. The zero-order valence-corrected chi connectivity index (χ0v) is 12.8. The Morgan fingerprint density at radius 3 is 2.95 bits per heavy atom. The third-order valence-electron chi connectivity index (χ3n) is 3.53. The lowest BCUT2D eigenvalue weighted by Gasteiger charge is -2.26. The quantitative estimate of drug-likeness (QED) is 0.870. The Balaban J connectivity index is 1.80. The molecule has 21 heavy (non-hydrogen) atoms. The van der Waals surface area contributed by atoms with Gasteiger partial charge < -0.3 is 10.1 Å². The smallest absolute Gasteiger partial charge is 0.167 e. The summed E-state index contributed by atoms with van der Waals surface area (Å²) in [5.74, 6) is 1.07. The van der Waals surface area contributed by atoms with Gasteiger partial charge in [-0.1, -0.05) is 18.2 Å². The van der Waals surface area contributed by atoms with Gasteiger partial charge in [-0.2, -0.15) is 0 Å². The summed E-state index contributed by atoms with van der Waals surface area (Å²) >= 11 is 1.88. The molecule has 0 fully saturated rings. The first-order chi connectivity index (χ1) is 10.3. The van der Waals surface area contributed by atoms with E-state index in [0.29, 0.717) is 12.4 Å². The maximum Gasteiger partial charge on any atom is 0.167 e. The zero-order chi connectivity index (χ0) is 14.7.